The van der Waals surface area contributed by atoms with Crippen molar-refractivity contribution < 1.29 is 14.5 Å². The van der Waals surface area contributed by atoms with Crippen molar-refractivity contribution in [3.63, 3.8) is 0 Å². The highest BCUT2D eigenvalue weighted by Gasteiger charge is 2.21. The van der Waals surface area contributed by atoms with Gasteiger partial charge in [-0.2, -0.15) is 0 Å². The number of halogens is 1. The Balaban J connectivity index is 3.35. The molecule has 1 rings (SSSR count). The number of methoxy groups -OCH3 is 1. The quantitative estimate of drug-likeness (QED) is 0.524. The number of nitrogens with zero attached hydrogens (tertiary/aromatic N) is 1. The van der Waals surface area contributed by atoms with E-state index in [4.69, 9.17) is 0 Å². The Morgan fingerprint density at radius 2 is 2.11 bits per heavy atom. The van der Waals surface area contributed by atoms with Gasteiger partial charge in [-0.15, -0.1) is 0 Å². The van der Waals surface area contributed by atoms with Crippen LogP contribution < -0.4 is 5.32 Å². The number of anilines is 1. The monoisotopic (exact) mass is 316 g/mol. The number of hydrogen-bond donors (Lipinski definition) is 1. The van der Waals surface area contributed by atoms with Gasteiger partial charge in [-0.05, 0) is 35.8 Å². The fraction of sp³-hybridized carbons (Fsp3) is 0.364. The van der Waals surface area contributed by atoms with Gasteiger partial charge in [0, 0.05) is 16.6 Å². The Morgan fingerprint density at radius 1 is 1.50 bits per heavy atom. The molecule has 6 nitrogen and oxygen atoms in total. The lowest BCUT2D eigenvalue weighted by atomic mass is 10.1. The summed E-state index contributed by atoms with van der Waals surface area (Å²) in [5.74, 6) is -0.616. The van der Waals surface area contributed by atoms with Crippen LogP contribution in [0.15, 0.2) is 16.6 Å². The summed E-state index contributed by atoms with van der Waals surface area (Å²) < 4.78 is 4.99. The maximum atomic E-state index is 11.4. The van der Waals surface area contributed by atoms with Gasteiger partial charge in [-0.1, -0.05) is 0 Å². The highest BCUT2D eigenvalue weighted by Crippen LogP contribution is 2.34. The first kappa shape index (κ1) is 14.4. The Kier molecular flexibility index (Phi) is 4.66. The van der Waals surface area contributed by atoms with E-state index in [-0.39, 0.29) is 17.3 Å². The molecule has 0 spiro atoms. The number of carbonyl (C=O) groups is 1. The summed E-state index contributed by atoms with van der Waals surface area (Å²) in [6.45, 7) is 3.73. The lowest BCUT2D eigenvalue weighted by Gasteiger charge is -2.13. The van der Waals surface area contributed by atoms with Crippen LogP contribution in [-0.4, -0.2) is 24.0 Å². The smallest absolute Gasteiger partial charge is 0.338 e. The van der Waals surface area contributed by atoms with Gasteiger partial charge >= 0.3 is 5.97 Å². The second-order valence-corrected chi connectivity index (χ2v) is 4.75. The lowest BCUT2D eigenvalue weighted by Crippen LogP contribution is -2.13. The van der Waals surface area contributed by atoms with E-state index >= 15 is 0 Å². The lowest BCUT2D eigenvalue weighted by molar-refractivity contribution is -0.384. The van der Waals surface area contributed by atoms with Gasteiger partial charge in [0.2, 0.25) is 0 Å². The number of nitrogens with one attached hydrogen (secondary N) is 1. The van der Waals surface area contributed by atoms with E-state index in [1.165, 1.54) is 19.2 Å². The highest BCUT2D eigenvalue weighted by atomic mass is 79.9. The summed E-state index contributed by atoms with van der Waals surface area (Å²) >= 11 is 3.22. The number of benzene rings is 1. The molecule has 1 N–H and O–H groups in total. The van der Waals surface area contributed by atoms with Crippen LogP contribution in [0.2, 0.25) is 0 Å². The molecule has 1 aromatic rings. The maximum Gasteiger partial charge on any atom is 0.338 e. The van der Waals surface area contributed by atoms with E-state index in [0.29, 0.717) is 10.2 Å². The Bertz CT molecular complexity index is 488. The second-order valence-electron chi connectivity index (χ2n) is 3.90. The van der Waals surface area contributed by atoms with Crippen molar-refractivity contribution in [2.24, 2.45) is 0 Å². The molecule has 18 heavy (non-hydrogen) atoms. The first-order valence-electron chi connectivity index (χ1n) is 5.19. The van der Waals surface area contributed by atoms with Gasteiger partial charge < -0.3 is 10.1 Å². The van der Waals surface area contributed by atoms with Gasteiger partial charge in [0.15, 0.2) is 0 Å². The molecule has 1 aromatic carbocycles. The molecular weight excluding hydrogens is 304 g/mol. The largest absolute Gasteiger partial charge is 0.465 e. The second kappa shape index (κ2) is 5.81. The topological polar surface area (TPSA) is 81.5 Å². The minimum atomic E-state index is -0.616. The van der Waals surface area contributed by atoms with E-state index in [2.05, 4.69) is 26.0 Å². The van der Waals surface area contributed by atoms with Crippen molar-refractivity contribution in [1.82, 2.24) is 0 Å². The molecule has 0 heterocycles. The summed E-state index contributed by atoms with van der Waals surface area (Å²) in [4.78, 5) is 21.9. The minimum Gasteiger partial charge on any atom is -0.465 e. The molecule has 0 aromatic heterocycles. The summed E-state index contributed by atoms with van der Waals surface area (Å²) in [5.41, 5.74) is 0.312. The normalized spacial score (nSPS) is 10.3. The standard InChI is InChI=1S/C11H13BrN2O4/c1-6(2)13-10-8(12)4-7(11(15)18-3)5-9(10)14(16)17/h4-6,13H,1-3H3. The number of carbonyl (C=O) groups excluding carboxylic acids is 1. The Labute approximate surface area is 113 Å². The van der Waals surface area contributed by atoms with Crippen LogP contribution in [0.25, 0.3) is 0 Å². The van der Waals surface area contributed by atoms with Gasteiger partial charge in [0.25, 0.3) is 5.69 Å². The number of hydrogen-bond acceptors (Lipinski definition) is 5. The molecule has 0 bridgehead atoms. The van der Waals surface area contributed by atoms with E-state index in [9.17, 15) is 14.9 Å². The van der Waals surface area contributed by atoms with Gasteiger partial charge in [-0.3, -0.25) is 10.1 Å². The van der Waals surface area contributed by atoms with Crippen LogP contribution in [0.3, 0.4) is 0 Å². The van der Waals surface area contributed by atoms with Gasteiger partial charge in [0.1, 0.15) is 5.69 Å². The third-order valence-electron chi connectivity index (χ3n) is 2.12. The molecule has 0 radical (unpaired) electrons. The molecule has 7 heteroatoms. The number of rotatable bonds is 4. The predicted octanol–water partition coefficient (Wildman–Crippen LogP) is 2.96. The predicted molar refractivity (Wildman–Crippen MR) is 70.9 cm³/mol. The first-order chi connectivity index (χ1) is 8.36. The molecule has 0 atom stereocenters. The zero-order valence-electron chi connectivity index (χ0n) is 10.2. The van der Waals surface area contributed by atoms with E-state index in [1.807, 2.05) is 13.8 Å². The van der Waals surface area contributed by atoms with Crippen LogP contribution in [-0.2, 0) is 4.74 Å². The van der Waals surface area contributed by atoms with Crippen molar-refractivity contribution in [3.8, 4) is 0 Å². The number of ether oxygens (including phenoxy) is 1. The molecule has 0 saturated carbocycles. The van der Waals surface area contributed by atoms with Crippen LogP contribution in [0.1, 0.15) is 24.2 Å². The molecular formula is C11H13BrN2O4. The van der Waals surface area contributed by atoms with Crippen molar-refractivity contribution in [1.29, 1.82) is 0 Å². The molecule has 0 saturated heterocycles. The van der Waals surface area contributed by atoms with E-state index in [0.717, 1.165) is 0 Å². The highest BCUT2D eigenvalue weighted by molar-refractivity contribution is 9.10. The van der Waals surface area contributed by atoms with Crippen LogP contribution >= 0.6 is 15.9 Å². The van der Waals surface area contributed by atoms with Crippen LogP contribution in [0.5, 0.6) is 0 Å². The van der Waals surface area contributed by atoms with Crippen molar-refractivity contribution in [3.05, 3.63) is 32.3 Å². The van der Waals surface area contributed by atoms with E-state index < -0.39 is 10.9 Å². The zero-order valence-corrected chi connectivity index (χ0v) is 11.8. The summed E-state index contributed by atoms with van der Waals surface area (Å²) in [6.07, 6.45) is 0. The Morgan fingerprint density at radius 3 is 2.56 bits per heavy atom. The number of nitro benzene ring substituents is 1. The van der Waals surface area contributed by atoms with Gasteiger partial charge in [-0.25, -0.2) is 4.79 Å². The average molecular weight is 317 g/mol. The van der Waals surface area contributed by atoms with Crippen LogP contribution in [0.4, 0.5) is 11.4 Å². The molecule has 0 aliphatic rings. The molecule has 0 aliphatic carbocycles. The maximum absolute atomic E-state index is 11.4. The molecule has 0 amide bonds. The fourth-order valence-electron chi connectivity index (χ4n) is 1.40. The van der Waals surface area contributed by atoms with Crippen molar-refractivity contribution in [2.45, 2.75) is 19.9 Å². The molecule has 0 unspecified atom stereocenters. The summed E-state index contributed by atoms with van der Waals surface area (Å²) in [5, 5.41) is 14.0. The van der Waals surface area contributed by atoms with E-state index in [1.54, 1.807) is 0 Å². The van der Waals surface area contributed by atoms with Crippen LogP contribution in [0, 0.1) is 10.1 Å². The number of esters is 1. The molecule has 98 valence electrons. The van der Waals surface area contributed by atoms with Crippen molar-refractivity contribution >= 4 is 33.3 Å². The Hall–Kier alpha value is -1.63. The first-order valence-corrected chi connectivity index (χ1v) is 5.99. The summed E-state index contributed by atoms with van der Waals surface area (Å²) in [6, 6.07) is 2.72. The molecule has 0 aliphatic heterocycles. The fourth-order valence-corrected chi connectivity index (χ4v) is 1.97. The van der Waals surface area contributed by atoms with Gasteiger partial charge in [0.05, 0.1) is 17.6 Å². The average Bonchev–Trinajstić information content (AvgIpc) is 2.29. The molecule has 0 fully saturated rings. The van der Waals surface area contributed by atoms with Crippen molar-refractivity contribution in [2.75, 3.05) is 12.4 Å². The zero-order chi connectivity index (χ0) is 13.9. The third-order valence-corrected chi connectivity index (χ3v) is 2.75. The summed E-state index contributed by atoms with van der Waals surface area (Å²) in [7, 11) is 1.22. The third kappa shape index (κ3) is 3.19. The number of nitro groups is 1. The minimum absolute atomic E-state index is 0.0315. The SMILES string of the molecule is COC(=O)c1cc(Br)c(NC(C)C)c([N+](=O)[O-])c1.